The van der Waals surface area contributed by atoms with E-state index in [9.17, 15) is 40.2 Å². The number of nitrogens with one attached hydrogen (secondary N) is 2. The quantitative estimate of drug-likeness (QED) is 0.129. The first-order chi connectivity index (χ1) is 22.2. The maximum Gasteiger partial charge on any atom is 0.276 e. The molecule has 0 saturated carbocycles. The number of rotatable bonds is 5. The highest BCUT2D eigenvalue weighted by Gasteiger charge is 2.47. The van der Waals surface area contributed by atoms with Crippen molar-refractivity contribution in [2.75, 3.05) is 6.61 Å². The predicted octanol–water partition coefficient (Wildman–Crippen LogP) is 1.51. The average molecular weight is 626 g/mol. The number of amides is 2. The number of nitrogens with zero attached hydrogens (tertiary/aromatic N) is 3. The fourth-order valence-corrected chi connectivity index (χ4v) is 6.78. The molecule has 0 aliphatic carbocycles. The van der Waals surface area contributed by atoms with E-state index in [-0.39, 0.29) is 40.2 Å². The number of hydrogen-bond donors (Lipinski definition) is 8. The first-order valence-electron chi connectivity index (χ1n) is 14.5. The van der Waals surface area contributed by atoms with E-state index in [0.717, 1.165) is 5.01 Å². The molecule has 5 unspecified atom stereocenters. The minimum absolute atomic E-state index is 0.0487. The molecule has 234 valence electrons. The van der Waals surface area contributed by atoms with E-state index in [1.54, 1.807) is 36.5 Å². The summed E-state index contributed by atoms with van der Waals surface area (Å²) in [4.78, 5) is 36.0. The molecule has 0 radical (unpaired) electrons. The second-order valence-electron chi connectivity index (χ2n) is 11.5. The van der Waals surface area contributed by atoms with Crippen molar-refractivity contribution in [3.05, 3.63) is 77.6 Å². The summed E-state index contributed by atoms with van der Waals surface area (Å²) in [5, 5.41) is 65.8. The fourth-order valence-electron chi connectivity index (χ4n) is 6.78. The number of benzene rings is 3. The molecule has 1 fully saturated rings. The van der Waals surface area contributed by atoms with Gasteiger partial charge in [-0.05, 0) is 36.4 Å². The van der Waals surface area contributed by atoms with Gasteiger partial charge in [-0.2, -0.15) is 0 Å². The molecule has 8 rings (SSSR count). The summed E-state index contributed by atoms with van der Waals surface area (Å²) in [6.07, 6.45) is -6.16. The van der Waals surface area contributed by atoms with Crippen LogP contribution in [0.2, 0.25) is 0 Å². The van der Waals surface area contributed by atoms with E-state index >= 15 is 0 Å². The summed E-state index contributed by atoms with van der Waals surface area (Å²) in [7, 11) is 0. The first-order valence-corrected chi connectivity index (χ1v) is 14.5. The number of phenols is 2. The number of carbonyl (C=O) groups excluding carboxylic acids is 2. The summed E-state index contributed by atoms with van der Waals surface area (Å²) in [5.41, 5.74) is 4.98. The molecule has 2 amide bonds. The number of pyridine rings is 1. The van der Waals surface area contributed by atoms with Crippen LogP contribution in [-0.4, -0.2) is 93.0 Å². The first kappa shape index (κ1) is 28.4. The Morgan fingerprint density at radius 3 is 2.30 bits per heavy atom. The molecular formula is C32H27N5O9. The third-order valence-electron chi connectivity index (χ3n) is 8.86. The van der Waals surface area contributed by atoms with Crippen LogP contribution in [0.15, 0.2) is 60.8 Å². The Labute approximate surface area is 258 Å². The highest BCUT2D eigenvalue weighted by Crippen LogP contribution is 2.47. The lowest BCUT2D eigenvalue weighted by atomic mass is 9.96. The number of hydrogen-bond acceptors (Lipinski definition) is 11. The predicted molar refractivity (Wildman–Crippen MR) is 163 cm³/mol. The van der Waals surface area contributed by atoms with Gasteiger partial charge < -0.3 is 44.9 Å². The van der Waals surface area contributed by atoms with Gasteiger partial charge in [0.05, 0.1) is 52.0 Å². The molecule has 0 spiro atoms. The molecule has 8 N–H and O–H groups in total. The molecule has 3 aromatic carbocycles. The van der Waals surface area contributed by atoms with Gasteiger partial charge in [-0.1, -0.05) is 6.07 Å². The van der Waals surface area contributed by atoms with Crippen LogP contribution in [0, 0.1) is 0 Å². The van der Waals surface area contributed by atoms with Crippen LogP contribution in [0.4, 0.5) is 0 Å². The normalized spacial score (nSPS) is 23.4. The Morgan fingerprint density at radius 1 is 0.870 bits per heavy atom. The molecule has 2 aliphatic heterocycles. The third-order valence-corrected chi connectivity index (χ3v) is 8.86. The number of aromatic nitrogens is 3. The standard InChI is InChI=1S/C32H27N5O9/c38-12-20-27(41)28(42)29(43)32(46-20)36-19-10-15(40)5-7-17(19)22-24-23(21-16-6-4-14(39)9-18(16)35-25(21)26(22)36)30(44)37(31(24)45)34-11-13-3-1-2-8-33-13/h1-10,20,27-29,32,34-35,38-43H,11-12H2. The molecule has 3 aromatic heterocycles. The second kappa shape index (κ2) is 10.2. The Kier molecular flexibility index (Phi) is 6.30. The SMILES string of the molecule is O=C1c2c(c3c4ccc(O)cc4n(C4OC(CO)C(O)C(O)C4O)c3c3[nH]c4cc(O)ccc4c23)C(=O)N1NCc1ccccn1. The lowest BCUT2D eigenvalue weighted by Gasteiger charge is -2.41. The number of ether oxygens (including phenoxy) is 1. The van der Waals surface area contributed by atoms with E-state index in [1.807, 2.05) is 0 Å². The second-order valence-corrected chi connectivity index (χ2v) is 11.5. The van der Waals surface area contributed by atoms with Crippen LogP contribution in [0.5, 0.6) is 11.5 Å². The Balaban J connectivity index is 1.47. The maximum absolute atomic E-state index is 14.3. The van der Waals surface area contributed by atoms with Gasteiger partial charge in [-0.15, -0.1) is 0 Å². The van der Waals surface area contributed by atoms with Gasteiger partial charge >= 0.3 is 0 Å². The number of phenolic OH excluding ortho intramolecular Hbond substituents is 2. The fraction of sp³-hybridized carbons (Fsp3) is 0.219. The molecule has 46 heavy (non-hydrogen) atoms. The molecule has 14 heteroatoms. The molecule has 1 saturated heterocycles. The summed E-state index contributed by atoms with van der Waals surface area (Å²) in [6, 6.07) is 14.2. The van der Waals surface area contributed by atoms with Gasteiger partial charge in [-0.25, -0.2) is 10.4 Å². The van der Waals surface area contributed by atoms with Gasteiger partial charge in [-0.3, -0.25) is 14.6 Å². The number of aliphatic hydroxyl groups is 4. The van der Waals surface area contributed by atoms with Crippen molar-refractivity contribution in [2.24, 2.45) is 0 Å². The lowest BCUT2D eigenvalue weighted by Crippen LogP contribution is -2.56. The largest absolute Gasteiger partial charge is 0.508 e. The Morgan fingerprint density at radius 2 is 1.59 bits per heavy atom. The van der Waals surface area contributed by atoms with Gasteiger partial charge in [0.2, 0.25) is 0 Å². The zero-order chi connectivity index (χ0) is 32.0. The zero-order valence-electron chi connectivity index (χ0n) is 23.8. The highest BCUT2D eigenvalue weighted by molar-refractivity contribution is 6.39. The molecule has 5 heterocycles. The Hall–Kier alpha value is -5.09. The van der Waals surface area contributed by atoms with Crippen LogP contribution in [-0.2, 0) is 11.3 Å². The van der Waals surface area contributed by atoms with Crippen molar-refractivity contribution in [2.45, 2.75) is 37.2 Å². The smallest absolute Gasteiger partial charge is 0.276 e. The van der Waals surface area contributed by atoms with Gasteiger partial charge in [0.25, 0.3) is 11.8 Å². The van der Waals surface area contributed by atoms with Crippen LogP contribution in [0.1, 0.15) is 32.6 Å². The average Bonchev–Trinajstić information content (AvgIpc) is 3.66. The lowest BCUT2D eigenvalue weighted by molar-refractivity contribution is -0.249. The summed E-state index contributed by atoms with van der Waals surface area (Å²) < 4.78 is 7.46. The van der Waals surface area contributed by atoms with E-state index < -0.39 is 49.1 Å². The molecule has 14 nitrogen and oxygen atoms in total. The van der Waals surface area contributed by atoms with Crippen molar-refractivity contribution >= 4 is 55.4 Å². The van der Waals surface area contributed by atoms with Gasteiger partial charge in [0.15, 0.2) is 6.23 Å². The molecule has 0 bridgehead atoms. The van der Waals surface area contributed by atoms with E-state index in [2.05, 4.69) is 15.4 Å². The summed E-state index contributed by atoms with van der Waals surface area (Å²) in [6.45, 7) is -0.606. The van der Waals surface area contributed by atoms with Crippen LogP contribution >= 0.6 is 0 Å². The highest BCUT2D eigenvalue weighted by atomic mass is 16.6. The maximum atomic E-state index is 14.3. The van der Waals surface area contributed by atoms with Gasteiger partial charge in [0.1, 0.15) is 35.9 Å². The summed E-state index contributed by atoms with van der Waals surface area (Å²) in [5.74, 6) is -1.48. The summed E-state index contributed by atoms with van der Waals surface area (Å²) >= 11 is 0. The molecule has 6 aromatic rings. The van der Waals surface area contributed by atoms with E-state index in [1.165, 1.54) is 28.8 Å². The minimum atomic E-state index is -1.72. The van der Waals surface area contributed by atoms with Crippen LogP contribution in [0.3, 0.4) is 0 Å². The number of imide groups is 1. The third kappa shape index (κ3) is 3.89. The van der Waals surface area contributed by atoms with Crippen molar-refractivity contribution in [1.82, 2.24) is 25.0 Å². The number of aromatic amines is 1. The number of carbonyl (C=O) groups is 2. The monoisotopic (exact) mass is 625 g/mol. The number of aromatic hydroxyl groups is 2. The van der Waals surface area contributed by atoms with Crippen LogP contribution in [0.25, 0.3) is 43.6 Å². The van der Waals surface area contributed by atoms with Crippen LogP contribution < -0.4 is 5.43 Å². The van der Waals surface area contributed by atoms with Crippen molar-refractivity contribution in [3.8, 4) is 11.5 Å². The van der Waals surface area contributed by atoms with E-state index in [4.69, 9.17) is 4.74 Å². The number of aliphatic hydroxyl groups excluding tert-OH is 4. The van der Waals surface area contributed by atoms with Crippen molar-refractivity contribution in [3.63, 3.8) is 0 Å². The van der Waals surface area contributed by atoms with E-state index in [0.29, 0.717) is 38.3 Å². The zero-order valence-corrected chi connectivity index (χ0v) is 23.8. The Bertz CT molecular complexity index is 2230. The minimum Gasteiger partial charge on any atom is -0.508 e. The van der Waals surface area contributed by atoms with Gasteiger partial charge in [0, 0.05) is 39.9 Å². The molecule has 5 atom stereocenters. The molecule has 2 aliphatic rings. The van der Waals surface area contributed by atoms with Crippen molar-refractivity contribution < 1.29 is 45.0 Å². The molecular weight excluding hydrogens is 598 g/mol. The number of hydrazine groups is 1. The number of H-pyrrole nitrogens is 1. The van der Waals surface area contributed by atoms with Crippen molar-refractivity contribution in [1.29, 1.82) is 0 Å². The topological polar surface area (TPSA) is 214 Å². The number of fused-ring (bicyclic) bond motifs is 10.